The standard InChI is InChI=1S/C20H8Br4O5.C16H18N3S.C14H13N3S.2ClH.2Na/c21-11-5-9-17(13(23)15(11)25)28-18-10(6-12(22)16(26)14(18)24)20(9)8-4-2-1-3-7(8)19(27)29-20;1-18(2)11-5-7-13-15(9-11)20-16-10-12(19(3)4)6-8-14(16)17-13;1-17(2)10-4-6-12-14(8-10)18-13-7-9(15)3-5-11(13)16-12;;;;/h1-6,25-26H;5-10H,1-4H3;3-8,15H,1-2H3;2*1H;;/q;+1;;;;2*+1/p-3. The summed E-state index contributed by atoms with van der Waals surface area (Å²) in [5, 5.41) is 27.4. The Morgan fingerprint density at radius 1 is 0.634 bits per heavy atom. The first kappa shape index (κ1) is 59.0. The molecule has 0 atom stereocenters. The van der Waals surface area contributed by atoms with Gasteiger partial charge in [0.2, 0.25) is 10.7 Å². The summed E-state index contributed by atoms with van der Waals surface area (Å²) in [6, 6.07) is 35.2. The second kappa shape index (κ2) is 23.8. The number of rotatable bonds is 1. The average molecular weight is 1300 g/mol. The number of ether oxygens (including phenoxy) is 2. The number of hydrogen-bond acceptors (Lipinski definition) is 11. The number of hydrogen-bond donors (Lipinski definition) is 1. The number of carbonyl (C=O) groups excluding carboxylic acids is 1. The number of aromatic nitrogens is 2. The van der Waals surface area contributed by atoms with Gasteiger partial charge in [-0.1, -0.05) is 61.6 Å². The van der Waals surface area contributed by atoms with Crippen LogP contribution in [0.2, 0.25) is 0 Å². The number of nitrogen functional groups attached to an aromatic ring is 1. The van der Waals surface area contributed by atoms with Gasteiger partial charge in [-0.2, -0.15) is 0 Å². The Hall–Kier alpha value is -2.85. The first-order valence-electron chi connectivity index (χ1n) is 20.5. The minimum absolute atomic E-state index is 0. The smallest absolute Gasteiger partial charge is 1.00 e. The number of nitrogens with zero attached hydrogens (tertiary/aromatic N) is 5. The molecule has 0 saturated carbocycles. The number of anilines is 2. The zero-order valence-corrected chi connectivity index (χ0v) is 52.8. The van der Waals surface area contributed by atoms with E-state index in [1.807, 2.05) is 32.3 Å². The summed E-state index contributed by atoms with van der Waals surface area (Å²) in [6.45, 7) is 0. The normalized spacial score (nSPS) is 12.2. The van der Waals surface area contributed by atoms with E-state index in [9.17, 15) is 15.0 Å². The molecule has 0 saturated heterocycles. The van der Waals surface area contributed by atoms with E-state index in [4.69, 9.17) is 20.2 Å². The predicted octanol–water partition coefficient (Wildman–Crippen LogP) is -2.02. The Labute approximate surface area is 508 Å². The van der Waals surface area contributed by atoms with Crippen LogP contribution in [0, 0.1) is 0 Å². The molecule has 4 aliphatic heterocycles. The van der Waals surface area contributed by atoms with E-state index in [2.05, 4.69) is 166 Å². The van der Waals surface area contributed by atoms with Gasteiger partial charge in [-0.15, -0.1) is 22.7 Å². The van der Waals surface area contributed by atoms with Gasteiger partial charge in [0.25, 0.3) is 0 Å². The van der Waals surface area contributed by atoms with Gasteiger partial charge in [0, 0.05) is 75.4 Å². The zero-order chi connectivity index (χ0) is 47.6. The van der Waals surface area contributed by atoms with Gasteiger partial charge in [-0.3, -0.25) is 0 Å². The van der Waals surface area contributed by atoms with Gasteiger partial charge in [-0.05, 0) is 98.6 Å². The van der Waals surface area contributed by atoms with Crippen LogP contribution in [0.3, 0.4) is 0 Å². The molecule has 1 spiro atoms. The summed E-state index contributed by atoms with van der Waals surface area (Å²) in [5.74, 6) is -0.766. The van der Waals surface area contributed by atoms with Crippen molar-refractivity contribution in [2.75, 3.05) is 52.9 Å². The van der Waals surface area contributed by atoms with Gasteiger partial charge < -0.3 is 55.1 Å². The maximum Gasteiger partial charge on any atom is 1.00 e. The minimum Gasteiger partial charge on any atom is -1.00 e. The maximum atomic E-state index is 12.8. The molecular weight excluding hydrogens is 1270 g/mol. The van der Waals surface area contributed by atoms with E-state index in [0.29, 0.717) is 22.3 Å². The van der Waals surface area contributed by atoms with E-state index in [1.165, 1.54) is 30.9 Å². The van der Waals surface area contributed by atoms with Crippen LogP contribution in [0.15, 0.2) is 127 Å². The van der Waals surface area contributed by atoms with Crippen molar-refractivity contribution in [3.8, 4) is 44.1 Å². The molecule has 11 nitrogen and oxygen atoms in total. The van der Waals surface area contributed by atoms with Crippen molar-refractivity contribution in [3.05, 3.63) is 160 Å². The monoisotopic (exact) mass is 1300 g/mol. The third-order valence-electron chi connectivity index (χ3n) is 11.3. The Morgan fingerprint density at radius 3 is 1.61 bits per heavy atom. The van der Waals surface area contributed by atoms with Crippen LogP contribution < -0.4 is 129 Å². The number of fused-ring (bicyclic) bond motifs is 10. The Morgan fingerprint density at radius 2 is 1.11 bits per heavy atom. The molecule has 5 aromatic carbocycles. The van der Waals surface area contributed by atoms with Crippen molar-refractivity contribution in [1.29, 1.82) is 0 Å². The second-order valence-electron chi connectivity index (χ2n) is 16.3. The molecule has 354 valence electrons. The average Bonchev–Trinajstić information content (AvgIpc) is 3.61. The molecular formula is C50H38Br4Cl2N6Na2O5S2. The van der Waals surface area contributed by atoms with Crippen molar-refractivity contribution >= 4 is 124 Å². The largest absolute Gasteiger partial charge is 1.00 e. The van der Waals surface area contributed by atoms with Gasteiger partial charge in [0.05, 0.1) is 56.1 Å². The van der Waals surface area contributed by atoms with Crippen LogP contribution in [0.5, 0.6) is 23.0 Å². The molecule has 2 aliphatic carbocycles. The number of esters is 1. The Bertz CT molecular complexity index is 3550. The van der Waals surface area contributed by atoms with Gasteiger partial charge >= 0.3 is 65.1 Å². The number of carbonyl (C=O) groups is 1. The quantitative estimate of drug-likeness (QED) is 0.0649. The van der Waals surface area contributed by atoms with Gasteiger partial charge in [0.1, 0.15) is 39.7 Å². The molecule has 6 aliphatic rings. The molecule has 4 heterocycles. The van der Waals surface area contributed by atoms with E-state index in [1.54, 1.807) is 59.1 Å². The summed E-state index contributed by atoms with van der Waals surface area (Å²) in [5.41, 5.74) is 12.5. The summed E-state index contributed by atoms with van der Waals surface area (Å²) < 4.78 is 19.5. The second-order valence-corrected chi connectivity index (χ2v) is 21.7. The van der Waals surface area contributed by atoms with Crippen molar-refractivity contribution in [1.82, 2.24) is 19.1 Å². The topological polar surface area (TPSA) is 143 Å². The van der Waals surface area contributed by atoms with Crippen LogP contribution in [-0.2, 0) is 10.3 Å². The van der Waals surface area contributed by atoms with E-state index in [-0.39, 0.29) is 125 Å². The summed E-state index contributed by atoms with van der Waals surface area (Å²) in [4.78, 5) is 26.7. The number of nitrogens with two attached hydrogens (primary N) is 1. The Kier molecular flexibility index (Phi) is 19.8. The molecule has 0 aromatic heterocycles. The van der Waals surface area contributed by atoms with Gasteiger partial charge in [0.15, 0.2) is 5.60 Å². The molecule has 21 heteroatoms. The molecule has 0 radical (unpaired) electrons. The van der Waals surface area contributed by atoms with Crippen LogP contribution in [0.25, 0.3) is 41.6 Å². The van der Waals surface area contributed by atoms with Crippen molar-refractivity contribution in [2.24, 2.45) is 0 Å². The molecule has 0 amide bonds. The fourth-order valence-corrected chi connectivity index (χ4v) is 12.3. The zero-order valence-electron chi connectivity index (χ0n) is 39.3. The third kappa shape index (κ3) is 11.3. The molecule has 0 bridgehead atoms. The van der Waals surface area contributed by atoms with Crippen LogP contribution in [-0.4, -0.2) is 58.2 Å². The first-order chi connectivity index (χ1) is 31.9. The van der Waals surface area contributed by atoms with Crippen molar-refractivity contribution in [2.45, 2.75) is 5.60 Å². The minimum atomic E-state index is -1.38. The molecule has 2 N–H and O–H groups in total. The van der Waals surface area contributed by atoms with Gasteiger partial charge in [-0.25, -0.2) is 23.9 Å². The Balaban J connectivity index is 0.000000199. The first-order valence-corrected chi connectivity index (χ1v) is 25.3. The summed E-state index contributed by atoms with van der Waals surface area (Å²) in [7, 11) is 12.3. The molecule has 5 aromatic rings. The fourth-order valence-electron chi connectivity index (χ4n) is 7.82. The fraction of sp³-hybridized carbons (Fsp3) is 0.140. The predicted molar refractivity (Wildman–Crippen MR) is 280 cm³/mol. The van der Waals surface area contributed by atoms with E-state index >= 15 is 0 Å². The third-order valence-corrected chi connectivity index (χ3v) is 16.1. The van der Waals surface area contributed by atoms with Crippen LogP contribution in [0.4, 0.5) is 11.4 Å². The molecule has 71 heavy (non-hydrogen) atoms. The molecule has 0 unspecified atom stereocenters. The SMILES string of the molecule is CN(C)c1ccc2nc3ccc(=[N+](C)C)cc-3sc2c1.C[N+](C)=c1ccc2nc3ccc(N)cc3sc-2c1.O=C1OC2(c3ccccc31)c1cc(Br)c([O-])c(Br)c1Oc1c2cc(Br)c([O-])c1Br.[Cl-].[Cl-].[Na+].[Na+]. The van der Waals surface area contributed by atoms with E-state index in [0.717, 1.165) is 32.8 Å². The van der Waals surface area contributed by atoms with Crippen molar-refractivity contribution in [3.63, 3.8) is 0 Å². The van der Waals surface area contributed by atoms with Crippen LogP contribution >= 0.6 is 86.4 Å². The number of benzene rings is 7. The number of halogens is 6. The van der Waals surface area contributed by atoms with Crippen LogP contribution in [0.1, 0.15) is 27.0 Å². The maximum absolute atomic E-state index is 12.8. The summed E-state index contributed by atoms with van der Waals surface area (Å²) in [6.07, 6.45) is 0. The molecule has 11 rings (SSSR count). The molecule has 0 fully saturated rings. The van der Waals surface area contributed by atoms with Crippen molar-refractivity contribution < 1.29 is 108 Å². The van der Waals surface area contributed by atoms with E-state index < -0.39 is 11.6 Å². The summed E-state index contributed by atoms with van der Waals surface area (Å²) >= 11 is 16.7.